The molecule has 11 nitrogen and oxygen atoms in total. The molecule has 0 radical (unpaired) electrons. The molecule has 0 aromatic rings. The lowest BCUT2D eigenvalue weighted by Gasteiger charge is -2.45. The second-order valence-electron chi connectivity index (χ2n) is 5.56. The molecule has 25 heavy (non-hydrogen) atoms. The van der Waals surface area contributed by atoms with E-state index in [1.165, 1.54) is 20.9 Å². The smallest absolute Gasteiger partial charge is 0.339 e. The lowest BCUT2D eigenvalue weighted by Crippen LogP contribution is -2.72. The molecule has 0 saturated carbocycles. The molecule has 2 rings (SSSR count). The number of nitro groups is 1. The Morgan fingerprint density at radius 3 is 2.44 bits per heavy atom. The molecule has 1 saturated heterocycles. The maximum absolute atomic E-state index is 12.3. The van der Waals surface area contributed by atoms with E-state index < -0.39 is 58.3 Å². The molecule has 138 valence electrons. The van der Waals surface area contributed by atoms with Gasteiger partial charge in [-0.25, -0.2) is 9.59 Å². The predicted molar refractivity (Wildman–Crippen MR) is 81.1 cm³/mol. The summed E-state index contributed by atoms with van der Waals surface area (Å²) >= 11 is 0. The van der Waals surface area contributed by atoms with Gasteiger partial charge < -0.3 is 24.8 Å². The Hall–Kier alpha value is -2.85. The first kappa shape index (κ1) is 18.5. The van der Waals surface area contributed by atoms with Gasteiger partial charge in [0.1, 0.15) is 29.3 Å². The van der Waals surface area contributed by atoms with E-state index in [0.29, 0.717) is 0 Å². The Morgan fingerprint density at radius 2 is 1.92 bits per heavy atom. The van der Waals surface area contributed by atoms with E-state index in [-0.39, 0.29) is 13.2 Å². The highest BCUT2D eigenvalue weighted by Crippen LogP contribution is 2.37. The molecule has 0 spiro atoms. The van der Waals surface area contributed by atoms with Crippen LogP contribution in [0.15, 0.2) is 11.3 Å². The van der Waals surface area contributed by atoms with Crippen LogP contribution in [0, 0.1) is 16.0 Å². The molecule has 1 heterocycles. The van der Waals surface area contributed by atoms with Gasteiger partial charge in [-0.1, -0.05) is 0 Å². The topological polar surface area (TPSA) is 148 Å². The Morgan fingerprint density at radius 1 is 1.32 bits per heavy atom. The Bertz CT molecular complexity index is 646. The second-order valence-corrected chi connectivity index (χ2v) is 5.56. The molecule has 2 bridgehead atoms. The largest absolute Gasteiger partial charge is 0.511 e. The van der Waals surface area contributed by atoms with Crippen LogP contribution in [0.25, 0.3) is 0 Å². The third kappa shape index (κ3) is 2.96. The number of esters is 2. The number of nitrogens with one attached hydrogen (secondary N) is 1. The van der Waals surface area contributed by atoms with Crippen molar-refractivity contribution in [3.63, 3.8) is 0 Å². The van der Waals surface area contributed by atoms with Crippen molar-refractivity contribution in [2.45, 2.75) is 32.0 Å². The Labute approximate surface area is 142 Å². The maximum atomic E-state index is 12.3. The SMILES string of the molecule is CCOC(=O)C1=C(O)[C@H](C(=O)OCC)[C@H]2NC(=O)N(C)[C@H]1[C@H]2[N+](=O)[O-]. The molecule has 0 unspecified atom stereocenters. The fourth-order valence-corrected chi connectivity index (χ4v) is 3.19. The number of amides is 2. The monoisotopic (exact) mass is 357 g/mol. The number of aliphatic hydroxyl groups is 1. The van der Waals surface area contributed by atoms with Crippen LogP contribution in [-0.2, 0) is 19.1 Å². The highest BCUT2D eigenvalue weighted by atomic mass is 16.6. The first-order chi connectivity index (χ1) is 11.8. The molecule has 2 amide bonds. The van der Waals surface area contributed by atoms with Crippen molar-refractivity contribution in [2.24, 2.45) is 5.92 Å². The van der Waals surface area contributed by atoms with Gasteiger partial charge in [0.2, 0.25) is 0 Å². The van der Waals surface area contributed by atoms with E-state index in [2.05, 4.69) is 5.32 Å². The number of nitrogens with zero attached hydrogens (tertiary/aromatic N) is 2. The summed E-state index contributed by atoms with van der Waals surface area (Å²) in [6.07, 6.45) is 0. The minimum absolute atomic E-state index is 0.0372. The number of rotatable bonds is 5. The molecular formula is C14H19N3O8. The van der Waals surface area contributed by atoms with Crippen LogP contribution >= 0.6 is 0 Å². The van der Waals surface area contributed by atoms with Crippen molar-refractivity contribution < 1.29 is 33.9 Å². The van der Waals surface area contributed by atoms with Crippen LogP contribution in [0.2, 0.25) is 0 Å². The van der Waals surface area contributed by atoms with E-state index in [4.69, 9.17) is 9.47 Å². The van der Waals surface area contributed by atoms with Crippen molar-refractivity contribution in [1.29, 1.82) is 0 Å². The zero-order valence-corrected chi connectivity index (χ0v) is 13.9. The van der Waals surface area contributed by atoms with Gasteiger partial charge in [-0.05, 0) is 13.8 Å². The van der Waals surface area contributed by atoms with Gasteiger partial charge in [-0.15, -0.1) is 0 Å². The molecule has 0 aromatic heterocycles. The summed E-state index contributed by atoms with van der Waals surface area (Å²) in [4.78, 5) is 48.5. The van der Waals surface area contributed by atoms with Gasteiger partial charge >= 0.3 is 18.0 Å². The number of fused-ring (bicyclic) bond motifs is 2. The van der Waals surface area contributed by atoms with Crippen LogP contribution in [0.1, 0.15) is 13.8 Å². The summed E-state index contributed by atoms with van der Waals surface area (Å²) in [7, 11) is 1.25. The number of carbonyl (C=O) groups is 3. The summed E-state index contributed by atoms with van der Waals surface area (Å²) < 4.78 is 9.70. The van der Waals surface area contributed by atoms with Crippen molar-refractivity contribution in [2.75, 3.05) is 20.3 Å². The molecule has 1 aliphatic carbocycles. The first-order valence-electron chi connectivity index (χ1n) is 7.69. The summed E-state index contributed by atoms with van der Waals surface area (Å²) in [6, 6.07) is -4.96. The third-order valence-corrected chi connectivity index (χ3v) is 4.22. The third-order valence-electron chi connectivity index (χ3n) is 4.22. The van der Waals surface area contributed by atoms with Crippen LogP contribution in [-0.4, -0.2) is 71.3 Å². The van der Waals surface area contributed by atoms with Gasteiger partial charge in [-0.2, -0.15) is 0 Å². The number of likely N-dealkylation sites (N-methyl/N-ethyl adjacent to an activating group) is 1. The van der Waals surface area contributed by atoms with Gasteiger partial charge in [0.25, 0.3) is 6.04 Å². The highest BCUT2D eigenvalue weighted by Gasteiger charge is 2.61. The molecule has 1 fully saturated rings. The minimum atomic E-state index is -1.57. The molecule has 0 aromatic carbocycles. The van der Waals surface area contributed by atoms with Crippen LogP contribution in [0.3, 0.4) is 0 Å². The predicted octanol–water partition coefficient (Wildman–Crippen LogP) is -0.408. The number of carbonyl (C=O) groups excluding carboxylic acids is 3. The summed E-state index contributed by atoms with van der Waals surface area (Å²) in [5.74, 6) is -4.24. The quantitative estimate of drug-likeness (QED) is 0.383. The zero-order valence-electron chi connectivity index (χ0n) is 13.9. The van der Waals surface area contributed by atoms with E-state index in [9.17, 15) is 29.6 Å². The van der Waals surface area contributed by atoms with Crippen molar-refractivity contribution in [1.82, 2.24) is 10.2 Å². The number of hydrogen-bond acceptors (Lipinski definition) is 8. The molecule has 2 N–H and O–H groups in total. The molecule has 4 atom stereocenters. The number of ether oxygens (including phenoxy) is 2. The molecule has 2 aliphatic rings. The number of hydrogen-bond donors (Lipinski definition) is 2. The summed E-state index contributed by atoms with van der Waals surface area (Å²) in [6.45, 7) is 2.96. The fourth-order valence-electron chi connectivity index (χ4n) is 3.19. The van der Waals surface area contributed by atoms with Crippen LogP contribution in [0.5, 0.6) is 0 Å². The van der Waals surface area contributed by atoms with E-state index >= 15 is 0 Å². The first-order valence-corrected chi connectivity index (χ1v) is 7.69. The molecular weight excluding hydrogens is 338 g/mol. The average Bonchev–Trinajstić information content (AvgIpc) is 2.52. The normalized spacial score (nSPS) is 28.3. The standard InChI is InChI=1S/C14H19N3O8/c1-4-24-12(19)6-8-10(17(22)23)9(16(3)14(21)15-8)7(11(6)18)13(20)25-5-2/h6,8-10,18H,4-5H2,1-3H3,(H,15,21)/t6-,8-,9-,10+/m1/s1. The van der Waals surface area contributed by atoms with Gasteiger partial charge in [0.15, 0.2) is 0 Å². The van der Waals surface area contributed by atoms with E-state index in [1.807, 2.05) is 0 Å². The Balaban J connectivity index is 2.66. The van der Waals surface area contributed by atoms with Crippen molar-refractivity contribution in [3.05, 3.63) is 21.4 Å². The van der Waals surface area contributed by atoms with Crippen molar-refractivity contribution in [3.8, 4) is 0 Å². The molecule has 1 aliphatic heterocycles. The van der Waals surface area contributed by atoms with Gasteiger partial charge in [0, 0.05) is 12.0 Å². The summed E-state index contributed by atoms with van der Waals surface area (Å²) in [5, 5.41) is 24.4. The van der Waals surface area contributed by atoms with Gasteiger partial charge in [-0.3, -0.25) is 14.9 Å². The highest BCUT2D eigenvalue weighted by molar-refractivity contribution is 5.95. The summed E-state index contributed by atoms with van der Waals surface area (Å²) in [5.41, 5.74) is -0.477. The Kier molecular flexibility index (Phi) is 5.14. The lowest BCUT2D eigenvalue weighted by molar-refractivity contribution is -0.535. The van der Waals surface area contributed by atoms with Crippen molar-refractivity contribution >= 4 is 18.0 Å². The minimum Gasteiger partial charge on any atom is -0.511 e. The molecule has 11 heteroatoms. The lowest BCUT2D eigenvalue weighted by atomic mass is 9.75. The van der Waals surface area contributed by atoms with Gasteiger partial charge in [0.05, 0.1) is 13.2 Å². The number of aliphatic hydroxyl groups excluding tert-OH is 1. The zero-order chi connectivity index (χ0) is 18.9. The fraction of sp³-hybridized carbons (Fsp3) is 0.643. The number of urea groups is 1. The van der Waals surface area contributed by atoms with Crippen LogP contribution < -0.4 is 5.32 Å². The van der Waals surface area contributed by atoms with E-state index in [1.54, 1.807) is 0 Å². The van der Waals surface area contributed by atoms with Crippen LogP contribution in [0.4, 0.5) is 4.79 Å². The second kappa shape index (κ2) is 6.95. The average molecular weight is 357 g/mol. The van der Waals surface area contributed by atoms with E-state index in [0.717, 1.165) is 4.90 Å². The maximum Gasteiger partial charge on any atom is 0.339 e.